The van der Waals surface area contributed by atoms with E-state index in [4.69, 9.17) is 4.74 Å². The van der Waals surface area contributed by atoms with Crippen LogP contribution in [0.15, 0.2) is 24.3 Å². The minimum Gasteiger partial charge on any atom is -0.381 e. The second-order valence-corrected chi connectivity index (χ2v) is 7.88. The Morgan fingerprint density at radius 1 is 1.41 bits per heavy atom. The number of rotatable bonds is 5. The van der Waals surface area contributed by atoms with Crippen molar-refractivity contribution in [1.29, 1.82) is 5.26 Å². The SMILES string of the molecule is CC(C)NS(=O)(=O)[C@H]1CCOC[C@H]1Cc1ccccc1C#N. The molecule has 0 aliphatic carbocycles. The van der Waals surface area contributed by atoms with Crippen molar-refractivity contribution in [3.63, 3.8) is 0 Å². The first-order valence-corrected chi connectivity index (χ1v) is 9.05. The standard InChI is InChI=1S/C16H22N2O3S/c1-12(2)18-22(19,20)16-7-8-21-11-15(16)9-13-5-3-4-6-14(13)10-17/h3-6,12,15-16,18H,7-9,11H2,1-2H3/t15-,16+/m1/s1. The van der Waals surface area contributed by atoms with Crippen molar-refractivity contribution >= 4 is 10.0 Å². The molecule has 0 spiro atoms. The lowest BCUT2D eigenvalue weighted by molar-refractivity contribution is 0.0569. The third kappa shape index (κ3) is 4.07. The Labute approximate surface area is 132 Å². The van der Waals surface area contributed by atoms with E-state index in [1.165, 1.54) is 0 Å². The van der Waals surface area contributed by atoms with Gasteiger partial charge >= 0.3 is 0 Å². The third-order valence-electron chi connectivity index (χ3n) is 3.82. The topological polar surface area (TPSA) is 79.2 Å². The maximum Gasteiger partial charge on any atom is 0.215 e. The smallest absolute Gasteiger partial charge is 0.215 e. The van der Waals surface area contributed by atoms with Gasteiger partial charge in [-0.1, -0.05) is 18.2 Å². The number of ether oxygens (including phenoxy) is 1. The zero-order valence-electron chi connectivity index (χ0n) is 13.0. The molecule has 5 nitrogen and oxygen atoms in total. The molecule has 1 aliphatic rings. The second kappa shape index (κ2) is 7.23. The van der Waals surface area contributed by atoms with Gasteiger partial charge in [-0.25, -0.2) is 13.1 Å². The Hall–Kier alpha value is -1.42. The van der Waals surface area contributed by atoms with Crippen LogP contribution in [0, 0.1) is 17.2 Å². The third-order valence-corrected chi connectivity index (χ3v) is 6.04. The van der Waals surface area contributed by atoms with Crippen molar-refractivity contribution in [2.24, 2.45) is 5.92 Å². The molecule has 1 saturated heterocycles. The Morgan fingerprint density at radius 2 is 2.14 bits per heavy atom. The summed E-state index contributed by atoms with van der Waals surface area (Å²) in [4.78, 5) is 0. The van der Waals surface area contributed by atoms with Crippen LogP contribution in [0.4, 0.5) is 0 Å². The quantitative estimate of drug-likeness (QED) is 0.897. The molecule has 1 aromatic carbocycles. The summed E-state index contributed by atoms with van der Waals surface area (Å²) in [5.41, 5.74) is 1.48. The van der Waals surface area contributed by atoms with Gasteiger partial charge in [-0.15, -0.1) is 0 Å². The zero-order chi connectivity index (χ0) is 16.2. The molecule has 120 valence electrons. The van der Waals surface area contributed by atoms with Gasteiger partial charge in [-0.3, -0.25) is 0 Å². The van der Waals surface area contributed by atoms with Gasteiger partial charge in [0.1, 0.15) is 0 Å². The Morgan fingerprint density at radius 3 is 2.82 bits per heavy atom. The van der Waals surface area contributed by atoms with Crippen LogP contribution < -0.4 is 4.72 Å². The van der Waals surface area contributed by atoms with Crippen LogP contribution in [-0.4, -0.2) is 32.9 Å². The molecular formula is C16H22N2O3S. The molecule has 2 rings (SSSR count). The van der Waals surface area contributed by atoms with E-state index in [2.05, 4.69) is 10.8 Å². The maximum atomic E-state index is 12.5. The monoisotopic (exact) mass is 322 g/mol. The highest BCUT2D eigenvalue weighted by Crippen LogP contribution is 2.26. The number of hydrogen-bond acceptors (Lipinski definition) is 4. The first kappa shape index (κ1) is 16.9. The maximum absolute atomic E-state index is 12.5. The van der Waals surface area contributed by atoms with Gasteiger partial charge < -0.3 is 4.74 Å². The molecule has 0 radical (unpaired) electrons. The van der Waals surface area contributed by atoms with Gasteiger partial charge in [0.15, 0.2) is 0 Å². The summed E-state index contributed by atoms with van der Waals surface area (Å²) in [5, 5.41) is 8.70. The minimum absolute atomic E-state index is 0.125. The molecular weight excluding hydrogens is 300 g/mol. The van der Waals surface area contributed by atoms with E-state index < -0.39 is 15.3 Å². The molecule has 1 aliphatic heterocycles. The van der Waals surface area contributed by atoms with Crippen LogP contribution in [0.25, 0.3) is 0 Å². The molecule has 1 heterocycles. The lowest BCUT2D eigenvalue weighted by Gasteiger charge is -2.32. The van der Waals surface area contributed by atoms with Gasteiger partial charge in [0.05, 0.1) is 23.5 Å². The number of nitrogens with one attached hydrogen (secondary N) is 1. The predicted octanol–water partition coefficient (Wildman–Crippen LogP) is 1.83. The summed E-state index contributed by atoms with van der Waals surface area (Å²) in [6, 6.07) is 9.36. The predicted molar refractivity (Wildman–Crippen MR) is 84.8 cm³/mol. The van der Waals surface area contributed by atoms with Crippen molar-refractivity contribution in [3.8, 4) is 6.07 Å². The molecule has 22 heavy (non-hydrogen) atoms. The molecule has 6 heteroatoms. The highest BCUT2D eigenvalue weighted by molar-refractivity contribution is 7.90. The van der Waals surface area contributed by atoms with Crippen molar-refractivity contribution in [2.75, 3.05) is 13.2 Å². The summed E-state index contributed by atoms with van der Waals surface area (Å²) >= 11 is 0. The van der Waals surface area contributed by atoms with Crippen LogP contribution in [0.2, 0.25) is 0 Å². The molecule has 0 aromatic heterocycles. The summed E-state index contributed by atoms with van der Waals surface area (Å²) in [6.45, 7) is 4.50. The van der Waals surface area contributed by atoms with Gasteiger partial charge in [0.2, 0.25) is 10.0 Å². The average molecular weight is 322 g/mol. The van der Waals surface area contributed by atoms with Crippen molar-refractivity contribution in [2.45, 2.75) is 38.0 Å². The number of benzene rings is 1. The number of hydrogen-bond donors (Lipinski definition) is 1. The van der Waals surface area contributed by atoms with Crippen molar-refractivity contribution in [1.82, 2.24) is 4.72 Å². The highest BCUT2D eigenvalue weighted by atomic mass is 32.2. The van der Waals surface area contributed by atoms with Crippen LogP contribution >= 0.6 is 0 Å². The van der Waals surface area contributed by atoms with Gasteiger partial charge in [0.25, 0.3) is 0 Å². The van der Waals surface area contributed by atoms with Crippen LogP contribution in [0.3, 0.4) is 0 Å². The average Bonchev–Trinajstić information content (AvgIpc) is 2.47. The largest absolute Gasteiger partial charge is 0.381 e. The molecule has 0 unspecified atom stereocenters. The zero-order valence-corrected chi connectivity index (χ0v) is 13.8. The van der Waals surface area contributed by atoms with Crippen LogP contribution in [-0.2, 0) is 21.2 Å². The molecule has 0 bridgehead atoms. The van der Waals surface area contributed by atoms with E-state index in [1.807, 2.05) is 32.0 Å². The Balaban J connectivity index is 2.22. The molecule has 1 aromatic rings. The van der Waals surface area contributed by atoms with Gasteiger partial charge in [-0.2, -0.15) is 5.26 Å². The van der Waals surface area contributed by atoms with E-state index in [1.54, 1.807) is 6.07 Å². The van der Waals surface area contributed by atoms with E-state index in [-0.39, 0.29) is 12.0 Å². The molecule has 0 saturated carbocycles. The van der Waals surface area contributed by atoms with E-state index in [0.29, 0.717) is 31.6 Å². The van der Waals surface area contributed by atoms with Crippen LogP contribution in [0.1, 0.15) is 31.4 Å². The fraction of sp³-hybridized carbons (Fsp3) is 0.562. The number of nitriles is 1. The van der Waals surface area contributed by atoms with Gasteiger partial charge in [0, 0.05) is 18.6 Å². The summed E-state index contributed by atoms with van der Waals surface area (Å²) in [5.74, 6) is -0.139. The first-order valence-electron chi connectivity index (χ1n) is 7.51. The molecule has 2 atom stereocenters. The van der Waals surface area contributed by atoms with Crippen LogP contribution in [0.5, 0.6) is 0 Å². The summed E-state index contributed by atoms with van der Waals surface area (Å²) < 4.78 is 33.2. The van der Waals surface area contributed by atoms with E-state index >= 15 is 0 Å². The lowest BCUT2D eigenvalue weighted by atomic mass is 9.91. The molecule has 1 N–H and O–H groups in total. The Bertz CT molecular complexity index is 650. The normalized spacial score (nSPS) is 22.5. The van der Waals surface area contributed by atoms with E-state index in [9.17, 15) is 13.7 Å². The second-order valence-electron chi connectivity index (χ2n) is 5.95. The lowest BCUT2D eigenvalue weighted by Crippen LogP contribution is -2.46. The fourth-order valence-corrected chi connectivity index (χ4v) is 4.80. The number of nitrogens with zero attached hydrogens (tertiary/aromatic N) is 1. The molecule has 1 fully saturated rings. The van der Waals surface area contributed by atoms with Gasteiger partial charge in [-0.05, 0) is 38.3 Å². The first-order chi connectivity index (χ1) is 10.4. The summed E-state index contributed by atoms with van der Waals surface area (Å²) in [7, 11) is -3.38. The Kier molecular flexibility index (Phi) is 5.57. The number of sulfonamides is 1. The fourth-order valence-electron chi connectivity index (χ4n) is 2.88. The summed E-state index contributed by atoms with van der Waals surface area (Å²) in [6.07, 6.45) is 1.02. The van der Waals surface area contributed by atoms with Crippen molar-refractivity contribution < 1.29 is 13.2 Å². The van der Waals surface area contributed by atoms with Crippen molar-refractivity contribution in [3.05, 3.63) is 35.4 Å². The minimum atomic E-state index is -3.38. The highest BCUT2D eigenvalue weighted by Gasteiger charge is 2.36. The molecule has 0 amide bonds. The van der Waals surface area contributed by atoms with E-state index in [0.717, 1.165) is 5.56 Å².